The Kier molecular flexibility index (Phi) is 5.71. The van der Waals surface area contributed by atoms with Crippen LogP contribution < -0.4 is 10.6 Å². The van der Waals surface area contributed by atoms with E-state index in [2.05, 4.69) is 31.5 Å². The number of amides is 1. The van der Waals surface area contributed by atoms with E-state index >= 15 is 0 Å². The molecule has 0 aliphatic rings. The van der Waals surface area contributed by atoms with Crippen molar-refractivity contribution in [3.63, 3.8) is 0 Å². The molecule has 1 amide bonds. The average molecular weight is 350 g/mol. The first-order chi connectivity index (χ1) is 10.2. The Balaban J connectivity index is 1.99. The van der Waals surface area contributed by atoms with Crippen molar-refractivity contribution in [2.45, 2.75) is 0 Å². The minimum Gasteiger partial charge on any atom is -0.383 e. The number of nitrogens with zero attached hydrogens (tertiary/aromatic N) is 1. The number of hydrogen-bond acceptors (Lipinski definition) is 4. The van der Waals surface area contributed by atoms with Crippen LogP contribution in [0.25, 0.3) is 0 Å². The summed E-state index contributed by atoms with van der Waals surface area (Å²) in [5.41, 5.74) is 1.44. The molecule has 0 bridgehead atoms. The smallest absolute Gasteiger partial charge is 0.252 e. The van der Waals surface area contributed by atoms with E-state index in [4.69, 9.17) is 4.74 Å². The molecule has 21 heavy (non-hydrogen) atoms. The van der Waals surface area contributed by atoms with E-state index < -0.39 is 0 Å². The zero-order valence-corrected chi connectivity index (χ0v) is 13.2. The molecule has 0 spiro atoms. The van der Waals surface area contributed by atoms with Crippen LogP contribution in [0.15, 0.2) is 47.1 Å². The van der Waals surface area contributed by atoms with E-state index in [1.807, 2.05) is 24.3 Å². The van der Waals surface area contributed by atoms with Crippen LogP contribution in [-0.4, -0.2) is 31.2 Å². The highest BCUT2D eigenvalue weighted by atomic mass is 79.9. The van der Waals surface area contributed by atoms with Gasteiger partial charge in [0.2, 0.25) is 0 Å². The third-order valence-electron chi connectivity index (χ3n) is 2.75. The third kappa shape index (κ3) is 4.54. The molecule has 1 aromatic carbocycles. The van der Waals surface area contributed by atoms with Crippen molar-refractivity contribution < 1.29 is 9.53 Å². The van der Waals surface area contributed by atoms with Crippen LogP contribution in [0.5, 0.6) is 0 Å². The Hall–Kier alpha value is -1.92. The molecule has 0 atom stereocenters. The minimum absolute atomic E-state index is 0.160. The lowest BCUT2D eigenvalue weighted by Gasteiger charge is -2.08. The van der Waals surface area contributed by atoms with Crippen LogP contribution in [0.3, 0.4) is 0 Å². The van der Waals surface area contributed by atoms with Crippen molar-refractivity contribution in [2.75, 3.05) is 25.6 Å². The topological polar surface area (TPSA) is 63.2 Å². The first-order valence-electron chi connectivity index (χ1n) is 6.45. The van der Waals surface area contributed by atoms with E-state index in [-0.39, 0.29) is 5.91 Å². The highest BCUT2D eigenvalue weighted by Gasteiger charge is 2.06. The zero-order valence-electron chi connectivity index (χ0n) is 11.6. The summed E-state index contributed by atoms with van der Waals surface area (Å²) in [7, 11) is 1.59. The Bertz CT molecular complexity index is 602. The molecule has 0 fully saturated rings. The van der Waals surface area contributed by atoms with Crippen molar-refractivity contribution in [3.05, 3.63) is 52.6 Å². The number of halogens is 1. The number of nitrogens with one attached hydrogen (secondary N) is 2. The molecule has 2 rings (SSSR count). The van der Waals surface area contributed by atoms with Gasteiger partial charge in [0.15, 0.2) is 0 Å². The molecule has 5 nitrogen and oxygen atoms in total. The second-order valence-corrected chi connectivity index (χ2v) is 5.14. The summed E-state index contributed by atoms with van der Waals surface area (Å²) < 4.78 is 5.83. The Morgan fingerprint density at radius 3 is 2.76 bits per heavy atom. The first-order valence-corrected chi connectivity index (χ1v) is 7.25. The summed E-state index contributed by atoms with van der Waals surface area (Å²) >= 11 is 3.46. The maximum absolute atomic E-state index is 11.8. The SMILES string of the molecule is COCCNC(=O)c1ccc(Nc2ccccc2Br)nc1. The monoisotopic (exact) mass is 349 g/mol. The van der Waals surface area contributed by atoms with Gasteiger partial charge in [-0.3, -0.25) is 4.79 Å². The molecule has 0 saturated carbocycles. The van der Waals surface area contributed by atoms with Crippen molar-refractivity contribution in [1.82, 2.24) is 10.3 Å². The molecular formula is C15H16BrN3O2. The Morgan fingerprint density at radius 1 is 1.29 bits per heavy atom. The number of para-hydroxylation sites is 1. The van der Waals surface area contributed by atoms with Gasteiger partial charge in [0, 0.05) is 24.3 Å². The van der Waals surface area contributed by atoms with Gasteiger partial charge < -0.3 is 15.4 Å². The summed E-state index contributed by atoms with van der Waals surface area (Å²) in [5.74, 6) is 0.516. The molecule has 0 unspecified atom stereocenters. The molecule has 1 heterocycles. The standard InChI is InChI=1S/C15H16BrN3O2/c1-21-9-8-17-15(20)11-6-7-14(18-10-11)19-13-5-3-2-4-12(13)16/h2-7,10H,8-9H2,1H3,(H,17,20)(H,18,19). The molecule has 2 N–H and O–H groups in total. The van der Waals surface area contributed by atoms with E-state index in [9.17, 15) is 4.79 Å². The highest BCUT2D eigenvalue weighted by Crippen LogP contribution is 2.24. The number of pyridine rings is 1. The van der Waals surface area contributed by atoms with E-state index in [1.165, 1.54) is 0 Å². The summed E-state index contributed by atoms with van der Waals surface area (Å²) in [6.07, 6.45) is 1.54. The highest BCUT2D eigenvalue weighted by molar-refractivity contribution is 9.10. The molecule has 1 aromatic heterocycles. The first kappa shape index (κ1) is 15.5. The predicted molar refractivity (Wildman–Crippen MR) is 85.9 cm³/mol. The minimum atomic E-state index is -0.160. The van der Waals surface area contributed by atoms with Crippen LogP contribution in [-0.2, 0) is 4.74 Å². The van der Waals surface area contributed by atoms with Gasteiger partial charge in [-0.25, -0.2) is 4.98 Å². The predicted octanol–water partition coefficient (Wildman–Crippen LogP) is 2.96. The van der Waals surface area contributed by atoms with E-state index in [1.54, 1.807) is 25.4 Å². The van der Waals surface area contributed by atoms with Crippen LogP contribution in [0, 0.1) is 0 Å². The number of ether oxygens (including phenoxy) is 1. The molecule has 0 aliphatic heterocycles. The van der Waals surface area contributed by atoms with Crippen molar-refractivity contribution in [3.8, 4) is 0 Å². The molecular weight excluding hydrogens is 334 g/mol. The largest absolute Gasteiger partial charge is 0.383 e. The molecule has 0 aliphatic carbocycles. The van der Waals surface area contributed by atoms with Gasteiger partial charge >= 0.3 is 0 Å². The number of hydrogen-bond donors (Lipinski definition) is 2. The number of methoxy groups -OCH3 is 1. The molecule has 2 aromatic rings. The zero-order chi connectivity index (χ0) is 15.1. The fraction of sp³-hybridized carbons (Fsp3) is 0.200. The van der Waals surface area contributed by atoms with E-state index in [0.29, 0.717) is 24.5 Å². The van der Waals surface area contributed by atoms with Gasteiger partial charge in [0.05, 0.1) is 17.9 Å². The van der Waals surface area contributed by atoms with Crippen molar-refractivity contribution in [1.29, 1.82) is 0 Å². The van der Waals surface area contributed by atoms with Crippen LogP contribution in [0.1, 0.15) is 10.4 Å². The number of carbonyl (C=O) groups is 1. The molecule has 0 saturated heterocycles. The van der Waals surface area contributed by atoms with Gasteiger partial charge in [-0.2, -0.15) is 0 Å². The Labute approximate surface area is 131 Å². The van der Waals surface area contributed by atoms with Crippen LogP contribution in [0.2, 0.25) is 0 Å². The normalized spacial score (nSPS) is 10.2. The number of aromatic nitrogens is 1. The Morgan fingerprint density at radius 2 is 2.10 bits per heavy atom. The van der Waals surface area contributed by atoms with Gasteiger partial charge in [0.1, 0.15) is 5.82 Å². The maximum atomic E-state index is 11.8. The van der Waals surface area contributed by atoms with Crippen LogP contribution >= 0.6 is 15.9 Å². The van der Waals surface area contributed by atoms with Crippen molar-refractivity contribution in [2.24, 2.45) is 0 Å². The second-order valence-electron chi connectivity index (χ2n) is 4.29. The maximum Gasteiger partial charge on any atom is 0.252 e. The number of anilines is 2. The summed E-state index contributed by atoms with van der Waals surface area (Å²) in [4.78, 5) is 16.0. The molecule has 6 heteroatoms. The fourth-order valence-corrected chi connectivity index (χ4v) is 2.06. The van der Waals surface area contributed by atoms with Crippen molar-refractivity contribution >= 4 is 33.3 Å². The summed E-state index contributed by atoms with van der Waals surface area (Å²) in [5, 5.41) is 5.93. The summed E-state index contributed by atoms with van der Waals surface area (Å²) in [6, 6.07) is 11.3. The molecule has 110 valence electrons. The van der Waals surface area contributed by atoms with Crippen LogP contribution in [0.4, 0.5) is 11.5 Å². The second kappa shape index (κ2) is 7.75. The average Bonchev–Trinajstić information content (AvgIpc) is 2.50. The fourth-order valence-electron chi connectivity index (χ4n) is 1.67. The summed E-state index contributed by atoms with van der Waals surface area (Å²) in [6.45, 7) is 0.965. The van der Waals surface area contributed by atoms with E-state index in [0.717, 1.165) is 10.2 Å². The lowest BCUT2D eigenvalue weighted by Crippen LogP contribution is -2.26. The van der Waals surface area contributed by atoms with Gasteiger partial charge in [0.25, 0.3) is 5.91 Å². The number of benzene rings is 1. The third-order valence-corrected chi connectivity index (χ3v) is 3.45. The van der Waals surface area contributed by atoms with Gasteiger partial charge in [-0.15, -0.1) is 0 Å². The van der Waals surface area contributed by atoms with Gasteiger partial charge in [-0.05, 0) is 40.2 Å². The number of rotatable bonds is 6. The van der Waals surface area contributed by atoms with Gasteiger partial charge in [-0.1, -0.05) is 12.1 Å². The molecule has 0 radical (unpaired) electrons. The quantitative estimate of drug-likeness (QED) is 0.787. The number of carbonyl (C=O) groups excluding carboxylic acids is 1. The lowest BCUT2D eigenvalue weighted by atomic mass is 10.2. The lowest BCUT2D eigenvalue weighted by molar-refractivity contribution is 0.0937.